The summed E-state index contributed by atoms with van der Waals surface area (Å²) in [5, 5.41) is 12.8. The number of rotatable bonds is 8. The number of benzene rings is 1. The van der Waals surface area contributed by atoms with E-state index < -0.39 is 6.10 Å². The molecule has 1 aromatic rings. The lowest BCUT2D eigenvalue weighted by atomic mass is 10.2. The molecule has 0 heterocycles. The Kier molecular flexibility index (Phi) is 7.43. The van der Waals surface area contributed by atoms with Crippen LogP contribution in [-0.2, 0) is 9.47 Å². The topological polar surface area (TPSA) is 50.7 Å². The average Bonchev–Trinajstić information content (AvgIpc) is 2.39. The number of halogens is 2. The van der Waals surface area contributed by atoms with Crippen LogP contribution >= 0.6 is 15.9 Å². The van der Waals surface area contributed by atoms with E-state index in [2.05, 4.69) is 21.2 Å². The zero-order valence-corrected chi connectivity index (χ0v) is 13.5. The van der Waals surface area contributed by atoms with Gasteiger partial charge in [-0.05, 0) is 47.5 Å². The van der Waals surface area contributed by atoms with E-state index in [0.717, 1.165) is 5.56 Å². The predicted molar refractivity (Wildman–Crippen MR) is 80.6 cm³/mol. The Balaban J connectivity index is 2.41. The molecule has 0 radical (unpaired) electrons. The molecular weight excluding hydrogens is 329 g/mol. The zero-order chi connectivity index (χ0) is 15.1. The molecule has 1 aromatic carbocycles. The number of aryl methyl sites for hydroxylation is 1. The summed E-state index contributed by atoms with van der Waals surface area (Å²) in [4.78, 5) is 0. The van der Waals surface area contributed by atoms with E-state index in [1.165, 1.54) is 6.07 Å². The molecule has 114 valence electrons. The molecule has 0 bridgehead atoms. The maximum atomic E-state index is 13.4. The number of nitrogens with one attached hydrogen (secondary N) is 1. The largest absolute Gasteiger partial charge is 0.389 e. The second-order valence-electron chi connectivity index (χ2n) is 4.72. The molecule has 0 fully saturated rings. The Morgan fingerprint density at radius 3 is 2.75 bits per heavy atom. The van der Waals surface area contributed by atoms with Gasteiger partial charge in [0.1, 0.15) is 5.82 Å². The molecule has 2 N–H and O–H groups in total. The van der Waals surface area contributed by atoms with Crippen molar-refractivity contribution in [2.24, 2.45) is 0 Å². The third-order valence-corrected chi connectivity index (χ3v) is 3.38. The number of aliphatic hydroxyl groups excluding tert-OH is 1. The third-order valence-electron chi connectivity index (χ3n) is 2.77. The van der Waals surface area contributed by atoms with Crippen molar-refractivity contribution in [3.8, 4) is 0 Å². The van der Waals surface area contributed by atoms with E-state index in [0.29, 0.717) is 23.3 Å². The van der Waals surface area contributed by atoms with Crippen LogP contribution in [0.15, 0.2) is 16.6 Å². The molecule has 0 spiro atoms. The fourth-order valence-corrected chi connectivity index (χ4v) is 2.14. The Hall–Kier alpha value is -0.690. The highest BCUT2D eigenvalue weighted by Crippen LogP contribution is 2.23. The Morgan fingerprint density at radius 1 is 1.40 bits per heavy atom. The lowest BCUT2D eigenvalue weighted by Gasteiger charge is -2.17. The summed E-state index contributed by atoms with van der Waals surface area (Å²) in [5.74, 6) is -0.336. The summed E-state index contributed by atoms with van der Waals surface area (Å²) < 4.78 is 24.2. The minimum Gasteiger partial charge on any atom is -0.389 e. The minimum atomic E-state index is -0.666. The fourth-order valence-electron chi connectivity index (χ4n) is 1.68. The highest BCUT2D eigenvalue weighted by atomic mass is 79.9. The molecule has 4 nitrogen and oxygen atoms in total. The number of aliphatic hydroxyl groups is 1. The normalized spacial score (nSPS) is 14.1. The highest BCUT2D eigenvalue weighted by molar-refractivity contribution is 9.10. The number of hydrogen-bond donors (Lipinski definition) is 2. The van der Waals surface area contributed by atoms with Crippen LogP contribution in [0.5, 0.6) is 0 Å². The maximum absolute atomic E-state index is 13.4. The van der Waals surface area contributed by atoms with Crippen LogP contribution in [-0.4, -0.2) is 44.2 Å². The molecule has 0 saturated heterocycles. The number of hydrogen-bond acceptors (Lipinski definition) is 4. The van der Waals surface area contributed by atoms with Gasteiger partial charge in [0.15, 0.2) is 0 Å². The van der Waals surface area contributed by atoms with Crippen molar-refractivity contribution in [1.29, 1.82) is 0 Å². The second-order valence-corrected chi connectivity index (χ2v) is 5.57. The van der Waals surface area contributed by atoms with Gasteiger partial charge in [-0.25, -0.2) is 4.39 Å². The van der Waals surface area contributed by atoms with Crippen molar-refractivity contribution in [3.63, 3.8) is 0 Å². The van der Waals surface area contributed by atoms with Crippen LogP contribution in [0.25, 0.3) is 0 Å². The standard InChI is InChI=1S/C14H21BrFNO3/c1-9-4-12(15)13(16)5-14(9)17-6-11(18)8-20-10(2)7-19-3/h4-5,10-11,17-18H,6-8H2,1-3H3. The summed E-state index contributed by atoms with van der Waals surface area (Å²) in [6.45, 7) is 4.72. The van der Waals surface area contributed by atoms with Crippen molar-refractivity contribution >= 4 is 21.6 Å². The smallest absolute Gasteiger partial charge is 0.139 e. The lowest BCUT2D eigenvalue weighted by Crippen LogP contribution is -2.28. The van der Waals surface area contributed by atoms with E-state index in [1.807, 2.05) is 13.8 Å². The van der Waals surface area contributed by atoms with E-state index in [9.17, 15) is 9.50 Å². The van der Waals surface area contributed by atoms with Crippen LogP contribution in [0.3, 0.4) is 0 Å². The van der Waals surface area contributed by atoms with E-state index in [-0.39, 0.29) is 18.5 Å². The molecule has 20 heavy (non-hydrogen) atoms. The number of ether oxygens (including phenoxy) is 2. The maximum Gasteiger partial charge on any atom is 0.139 e. The van der Waals surface area contributed by atoms with Crippen molar-refractivity contribution in [2.75, 3.05) is 32.2 Å². The first-order valence-corrected chi connectivity index (χ1v) is 7.21. The molecule has 2 atom stereocenters. The van der Waals surface area contributed by atoms with Gasteiger partial charge in [0.05, 0.1) is 29.9 Å². The van der Waals surface area contributed by atoms with Crippen LogP contribution in [0.4, 0.5) is 10.1 Å². The van der Waals surface area contributed by atoms with Gasteiger partial charge in [-0.3, -0.25) is 0 Å². The van der Waals surface area contributed by atoms with E-state index in [1.54, 1.807) is 13.2 Å². The minimum absolute atomic E-state index is 0.0680. The molecule has 0 aliphatic carbocycles. The third kappa shape index (κ3) is 5.75. The first kappa shape index (κ1) is 17.4. The second kappa shape index (κ2) is 8.56. The summed E-state index contributed by atoms with van der Waals surface area (Å²) in [7, 11) is 1.60. The number of anilines is 1. The molecule has 0 aliphatic heterocycles. The van der Waals surface area contributed by atoms with Gasteiger partial charge in [-0.2, -0.15) is 0 Å². The summed E-state index contributed by atoms with van der Waals surface area (Å²) in [6, 6.07) is 3.10. The molecule has 0 aromatic heterocycles. The summed E-state index contributed by atoms with van der Waals surface area (Å²) in [5.41, 5.74) is 1.56. The first-order valence-electron chi connectivity index (χ1n) is 6.42. The Bertz CT molecular complexity index is 431. The van der Waals surface area contributed by atoms with Gasteiger partial charge in [0.2, 0.25) is 0 Å². The van der Waals surface area contributed by atoms with Gasteiger partial charge >= 0.3 is 0 Å². The van der Waals surface area contributed by atoms with Crippen LogP contribution in [0.1, 0.15) is 12.5 Å². The Morgan fingerprint density at radius 2 is 2.10 bits per heavy atom. The van der Waals surface area contributed by atoms with E-state index in [4.69, 9.17) is 9.47 Å². The van der Waals surface area contributed by atoms with Crippen LogP contribution < -0.4 is 5.32 Å². The molecule has 2 unspecified atom stereocenters. The quantitative estimate of drug-likeness (QED) is 0.757. The zero-order valence-electron chi connectivity index (χ0n) is 12.0. The first-order chi connectivity index (χ1) is 9.43. The Labute approximate surface area is 127 Å². The van der Waals surface area contributed by atoms with Crippen molar-refractivity contribution in [2.45, 2.75) is 26.1 Å². The molecule has 0 amide bonds. The van der Waals surface area contributed by atoms with Gasteiger partial charge in [0, 0.05) is 19.3 Å². The van der Waals surface area contributed by atoms with Crippen molar-refractivity contribution < 1.29 is 19.0 Å². The van der Waals surface area contributed by atoms with Crippen molar-refractivity contribution in [3.05, 3.63) is 28.0 Å². The molecule has 0 saturated carbocycles. The van der Waals surface area contributed by atoms with Gasteiger partial charge < -0.3 is 19.9 Å². The summed E-state index contributed by atoms with van der Waals surface area (Å²) >= 11 is 3.13. The molecule has 0 aliphatic rings. The van der Waals surface area contributed by atoms with Crippen LogP contribution in [0, 0.1) is 12.7 Å². The van der Waals surface area contributed by atoms with Crippen molar-refractivity contribution in [1.82, 2.24) is 0 Å². The van der Waals surface area contributed by atoms with Gasteiger partial charge in [-0.15, -0.1) is 0 Å². The highest BCUT2D eigenvalue weighted by Gasteiger charge is 2.10. The molecule has 6 heteroatoms. The fraction of sp³-hybridized carbons (Fsp3) is 0.571. The monoisotopic (exact) mass is 349 g/mol. The average molecular weight is 350 g/mol. The summed E-state index contributed by atoms with van der Waals surface area (Å²) in [6.07, 6.45) is -0.734. The SMILES string of the molecule is COCC(C)OCC(O)CNc1cc(F)c(Br)cc1C. The predicted octanol–water partition coefficient (Wildman–Crippen LogP) is 2.72. The van der Waals surface area contributed by atoms with Gasteiger partial charge in [0.25, 0.3) is 0 Å². The molecular formula is C14H21BrFNO3. The lowest BCUT2D eigenvalue weighted by molar-refractivity contribution is -0.0282. The van der Waals surface area contributed by atoms with Gasteiger partial charge in [-0.1, -0.05) is 0 Å². The molecule has 1 rings (SSSR count). The number of methoxy groups -OCH3 is 1. The van der Waals surface area contributed by atoms with Crippen LogP contribution in [0.2, 0.25) is 0 Å². The van der Waals surface area contributed by atoms with E-state index >= 15 is 0 Å².